The summed E-state index contributed by atoms with van der Waals surface area (Å²) >= 11 is 0. The van der Waals surface area contributed by atoms with Gasteiger partial charge in [0.05, 0.1) is 36.3 Å². The molecule has 1 aromatic heterocycles. The maximum atomic E-state index is 14.7. The summed E-state index contributed by atoms with van der Waals surface area (Å²) in [7, 11) is 0. The third kappa shape index (κ3) is 4.36. The first-order chi connectivity index (χ1) is 20.3. The standard InChI is InChI=1S/C31H39N5O6/c1-4-20(2)23(18-37)36-26-28(39)34(19-35-22-13-8-7-12-21(22)32-33-35)16-11-15-31(26)24(27(36)38)25-29(40)41-17-10-6-5-9-14-30(25,3)42-31/h7-9,11-15,20,23-26,37H,4-6,10,16-19H2,1-3H3/b14-9-/t20-,23-,24-,25-,26?,30+,31-/m0/s1. The van der Waals surface area contributed by atoms with E-state index in [0.717, 1.165) is 24.8 Å². The zero-order chi connectivity index (χ0) is 29.6. The minimum absolute atomic E-state index is 0.107. The quantitative estimate of drug-likeness (QED) is 0.410. The Balaban J connectivity index is 1.47. The Morgan fingerprint density at radius 1 is 1.10 bits per heavy atom. The minimum Gasteiger partial charge on any atom is -0.465 e. The van der Waals surface area contributed by atoms with Crippen molar-refractivity contribution >= 4 is 28.8 Å². The molecule has 2 fully saturated rings. The molecule has 2 aromatic rings. The number of aliphatic hydroxyl groups excluding tert-OH is 1. The SMILES string of the molecule is CC[C@H](C)[C@H](CO)N1C(=O)[C@@H]2[C@H]3C(=O)OCCCC/C=C\[C@@]3(C)O[C@@]23C=CCN(Cn2nnc4ccccc42)C(=O)C13. The molecule has 4 aliphatic heterocycles. The smallest absolute Gasteiger partial charge is 0.313 e. The van der Waals surface area contributed by atoms with E-state index in [-0.39, 0.29) is 44.2 Å². The topological polar surface area (TPSA) is 127 Å². The summed E-state index contributed by atoms with van der Waals surface area (Å²) in [5.41, 5.74) is -1.10. The summed E-state index contributed by atoms with van der Waals surface area (Å²) in [6, 6.07) is 5.78. The molecular formula is C31H39N5O6. The van der Waals surface area contributed by atoms with Gasteiger partial charge >= 0.3 is 5.97 Å². The van der Waals surface area contributed by atoms with Crippen LogP contribution in [-0.2, 0) is 30.5 Å². The number of fused-ring (bicyclic) bond motifs is 3. The van der Waals surface area contributed by atoms with Crippen LogP contribution in [0.25, 0.3) is 11.0 Å². The number of nitrogens with zero attached hydrogens (tertiary/aromatic N) is 5. The first kappa shape index (κ1) is 28.5. The number of para-hydroxylation sites is 1. The summed E-state index contributed by atoms with van der Waals surface area (Å²) in [4.78, 5) is 46.1. The lowest BCUT2D eigenvalue weighted by Crippen LogP contribution is -2.60. The number of rotatable bonds is 6. The third-order valence-corrected chi connectivity index (χ3v) is 9.59. The fraction of sp³-hybridized carbons (Fsp3) is 0.581. The Kier molecular flexibility index (Phi) is 7.43. The number of allylic oxidation sites excluding steroid dienone is 1. The van der Waals surface area contributed by atoms with Gasteiger partial charge in [-0.05, 0) is 44.2 Å². The van der Waals surface area contributed by atoms with Crippen molar-refractivity contribution in [1.29, 1.82) is 0 Å². The van der Waals surface area contributed by atoms with Gasteiger partial charge in [-0.3, -0.25) is 14.4 Å². The van der Waals surface area contributed by atoms with Gasteiger partial charge in [-0.2, -0.15) is 0 Å². The second kappa shape index (κ2) is 10.9. The number of hydrogen-bond donors (Lipinski definition) is 1. The molecule has 2 amide bonds. The van der Waals surface area contributed by atoms with Crippen molar-refractivity contribution in [2.75, 3.05) is 19.8 Å². The van der Waals surface area contributed by atoms with Gasteiger partial charge in [-0.15, -0.1) is 5.10 Å². The summed E-state index contributed by atoms with van der Waals surface area (Å²) in [6.07, 6.45) is 10.6. The number of carbonyl (C=O) groups is 3. The lowest BCUT2D eigenvalue weighted by atomic mass is 9.74. The van der Waals surface area contributed by atoms with Crippen LogP contribution in [0.1, 0.15) is 46.5 Å². The number of cyclic esters (lactones) is 1. The molecule has 5 heterocycles. The predicted molar refractivity (Wildman–Crippen MR) is 152 cm³/mol. The molecule has 1 N–H and O–H groups in total. The maximum Gasteiger partial charge on any atom is 0.313 e. The molecule has 0 aliphatic carbocycles. The van der Waals surface area contributed by atoms with Crippen molar-refractivity contribution in [2.45, 2.75) is 76.4 Å². The van der Waals surface area contributed by atoms with E-state index in [1.165, 1.54) is 4.90 Å². The van der Waals surface area contributed by atoms with Crippen molar-refractivity contribution in [1.82, 2.24) is 24.8 Å². The van der Waals surface area contributed by atoms with Gasteiger partial charge in [0.1, 0.15) is 29.7 Å². The highest BCUT2D eigenvalue weighted by Crippen LogP contribution is 2.57. The number of aliphatic hydroxyl groups is 1. The van der Waals surface area contributed by atoms with Crippen molar-refractivity contribution in [3.05, 3.63) is 48.6 Å². The van der Waals surface area contributed by atoms with Gasteiger partial charge in [-0.1, -0.05) is 61.9 Å². The molecule has 11 nitrogen and oxygen atoms in total. The molecule has 42 heavy (non-hydrogen) atoms. The second-order valence-corrected chi connectivity index (χ2v) is 12.1. The van der Waals surface area contributed by atoms with Crippen LogP contribution in [0.3, 0.4) is 0 Å². The number of hydrogen-bond acceptors (Lipinski definition) is 8. The highest BCUT2D eigenvalue weighted by molar-refractivity contribution is 5.99. The van der Waals surface area contributed by atoms with E-state index in [1.807, 2.05) is 62.4 Å². The molecule has 1 spiro atoms. The Bertz CT molecular complexity index is 1440. The van der Waals surface area contributed by atoms with Gasteiger partial charge < -0.3 is 24.4 Å². The highest BCUT2D eigenvalue weighted by Gasteiger charge is 2.75. The molecule has 0 bridgehead atoms. The molecule has 2 saturated heterocycles. The molecule has 0 saturated carbocycles. The van der Waals surface area contributed by atoms with Crippen LogP contribution >= 0.6 is 0 Å². The summed E-state index contributed by atoms with van der Waals surface area (Å²) in [5, 5.41) is 19.1. The zero-order valence-electron chi connectivity index (χ0n) is 24.4. The summed E-state index contributed by atoms with van der Waals surface area (Å²) in [5.74, 6) is -3.26. The van der Waals surface area contributed by atoms with E-state index in [2.05, 4.69) is 10.3 Å². The fourth-order valence-electron chi connectivity index (χ4n) is 7.27. The molecular weight excluding hydrogens is 538 g/mol. The van der Waals surface area contributed by atoms with E-state index >= 15 is 0 Å². The lowest BCUT2D eigenvalue weighted by Gasteiger charge is -2.41. The monoisotopic (exact) mass is 577 g/mol. The molecule has 1 unspecified atom stereocenters. The molecule has 0 radical (unpaired) electrons. The third-order valence-electron chi connectivity index (χ3n) is 9.59. The zero-order valence-corrected chi connectivity index (χ0v) is 24.4. The van der Waals surface area contributed by atoms with E-state index in [0.29, 0.717) is 11.9 Å². The van der Waals surface area contributed by atoms with Crippen LogP contribution < -0.4 is 0 Å². The number of carbonyl (C=O) groups excluding carboxylic acids is 3. The Morgan fingerprint density at radius 2 is 1.90 bits per heavy atom. The van der Waals surface area contributed by atoms with Gasteiger partial charge in [-0.25, -0.2) is 4.68 Å². The molecule has 6 rings (SSSR count). The summed E-state index contributed by atoms with van der Waals surface area (Å²) in [6.45, 7) is 6.05. The van der Waals surface area contributed by atoms with E-state index in [9.17, 15) is 19.5 Å². The molecule has 1 aromatic carbocycles. The number of ether oxygens (including phenoxy) is 2. The van der Waals surface area contributed by atoms with Crippen molar-refractivity contribution in [2.24, 2.45) is 17.8 Å². The number of likely N-dealkylation sites (tertiary alicyclic amines) is 1. The Morgan fingerprint density at radius 3 is 2.69 bits per heavy atom. The predicted octanol–water partition coefficient (Wildman–Crippen LogP) is 2.45. The molecule has 224 valence electrons. The molecule has 7 atom stereocenters. The average Bonchev–Trinajstić information content (AvgIpc) is 3.54. The first-order valence-electron chi connectivity index (χ1n) is 15.0. The number of benzene rings is 1. The Hall–Kier alpha value is -3.57. The van der Waals surface area contributed by atoms with Crippen LogP contribution in [0, 0.1) is 17.8 Å². The second-order valence-electron chi connectivity index (χ2n) is 12.1. The summed E-state index contributed by atoms with van der Waals surface area (Å²) < 4.78 is 14.2. The van der Waals surface area contributed by atoms with Crippen LogP contribution in [-0.4, -0.2) is 90.7 Å². The van der Waals surface area contributed by atoms with Crippen LogP contribution in [0.15, 0.2) is 48.6 Å². The van der Waals surface area contributed by atoms with E-state index < -0.39 is 41.1 Å². The van der Waals surface area contributed by atoms with Crippen molar-refractivity contribution in [3.8, 4) is 0 Å². The minimum atomic E-state index is -1.43. The molecule has 4 aliphatic rings. The normalized spacial score (nSPS) is 33.5. The van der Waals surface area contributed by atoms with Crippen molar-refractivity contribution in [3.63, 3.8) is 0 Å². The van der Waals surface area contributed by atoms with Gasteiger partial charge in [0.15, 0.2) is 0 Å². The number of amides is 2. The average molecular weight is 578 g/mol. The number of aromatic nitrogens is 3. The maximum absolute atomic E-state index is 14.7. The number of esters is 1. The Labute approximate surface area is 245 Å². The van der Waals surface area contributed by atoms with Crippen LogP contribution in [0.4, 0.5) is 0 Å². The highest BCUT2D eigenvalue weighted by atomic mass is 16.6. The molecule has 11 heteroatoms. The van der Waals surface area contributed by atoms with E-state index in [4.69, 9.17) is 9.47 Å². The van der Waals surface area contributed by atoms with Crippen LogP contribution in [0.5, 0.6) is 0 Å². The van der Waals surface area contributed by atoms with Gasteiger partial charge in [0.2, 0.25) is 5.91 Å². The lowest BCUT2D eigenvalue weighted by molar-refractivity contribution is -0.162. The largest absolute Gasteiger partial charge is 0.465 e. The first-order valence-corrected chi connectivity index (χ1v) is 15.0. The fourth-order valence-corrected chi connectivity index (χ4v) is 7.27. The van der Waals surface area contributed by atoms with Crippen molar-refractivity contribution < 1.29 is 29.0 Å². The van der Waals surface area contributed by atoms with Gasteiger partial charge in [0, 0.05) is 6.54 Å². The van der Waals surface area contributed by atoms with E-state index in [1.54, 1.807) is 16.5 Å². The van der Waals surface area contributed by atoms with Crippen LogP contribution in [0.2, 0.25) is 0 Å². The van der Waals surface area contributed by atoms with Gasteiger partial charge in [0.25, 0.3) is 5.91 Å².